The van der Waals surface area contributed by atoms with E-state index in [1.807, 2.05) is 0 Å². The number of thioether (sulfide) groups is 1. The van der Waals surface area contributed by atoms with Crippen molar-refractivity contribution >= 4 is 17.7 Å². The lowest BCUT2D eigenvalue weighted by Crippen LogP contribution is -2.29. The monoisotopic (exact) mass is 355 g/mol. The van der Waals surface area contributed by atoms with Crippen LogP contribution in [0.25, 0.3) is 0 Å². The molecule has 0 N–H and O–H groups in total. The van der Waals surface area contributed by atoms with Gasteiger partial charge in [0.25, 0.3) is 0 Å². The fourth-order valence-corrected chi connectivity index (χ4v) is 4.44. The van der Waals surface area contributed by atoms with Crippen molar-refractivity contribution < 1.29 is 18.0 Å². The molecule has 24 heavy (non-hydrogen) atoms. The molecule has 1 aliphatic heterocycles. The number of alkyl halides is 3. The Morgan fingerprint density at radius 2 is 2.08 bits per heavy atom. The Kier molecular flexibility index (Phi) is 5.23. The molecule has 6 heteroatoms. The van der Waals surface area contributed by atoms with E-state index in [2.05, 4.69) is 6.08 Å². The first-order valence-electron chi connectivity index (χ1n) is 8.21. The zero-order valence-corrected chi connectivity index (χ0v) is 14.1. The van der Waals surface area contributed by atoms with Crippen LogP contribution in [0.1, 0.15) is 48.6 Å². The van der Waals surface area contributed by atoms with Crippen LogP contribution in [-0.4, -0.2) is 23.1 Å². The molecule has 0 radical (unpaired) electrons. The molecule has 1 aromatic carbocycles. The number of hydrogen-bond acceptors (Lipinski definition) is 2. The average molecular weight is 355 g/mol. The summed E-state index contributed by atoms with van der Waals surface area (Å²) in [4.78, 5) is 13.9. The zero-order chi connectivity index (χ0) is 17.2. The third-order valence-electron chi connectivity index (χ3n) is 4.53. The number of hydrogen-bond donors (Lipinski definition) is 0. The molecule has 1 fully saturated rings. The number of benzene rings is 1. The first kappa shape index (κ1) is 17.4. The molecule has 1 saturated heterocycles. The third kappa shape index (κ3) is 3.97. The van der Waals surface area contributed by atoms with Gasteiger partial charge in [-0.3, -0.25) is 4.79 Å². The molecule has 1 atom stereocenters. The molecule has 1 aliphatic carbocycles. The number of carbonyl (C=O) groups excluding carboxylic acids is 1. The number of halogens is 3. The molecular formula is C18H20F3NOS. The van der Waals surface area contributed by atoms with Crippen LogP contribution in [0, 0.1) is 0 Å². The summed E-state index contributed by atoms with van der Waals surface area (Å²) in [5.41, 5.74) is 1.27. The van der Waals surface area contributed by atoms with Crippen molar-refractivity contribution in [3.05, 3.63) is 47.0 Å². The van der Waals surface area contributed by atoms with E-state index in [0.29, 0.717) is 17.9 Å². The first-order valence-corrected chi connectivity index (χ1v) is 9.26. The topological polar surface area (TPSA) is 20.3 Å². The van der Waals surface area contributed by atoms with E-state index in [0.717, 1.165) is 25.3 Å². The van der Waals surface area contributed by atoms with Crippen LogP contribution in [-0.2, 0) is 11.0 Å². The second-order valence-corrected chi connectivity index (χ2v) is 7.30. The maximum absolute atomic E-state index is 12.9. The molecule has 2 aliphatic rings. The van der Waals surface area contributed by atoms with Crippen molar-refractivity contribution in [3.63, 3.8) is 0 Å². The van der Waals surface area contributed by atoms with Gasteiger partial charge in [0.15, 0.2) is 0 Å². The zero-order valence-electron chi connectivity index (χ0n) is 13.3. The Labute approximate surface area is 144 Å². The van der Waals surface area contributed by atoms with Crippen LogP contribution in [0.4, 0.5) is 13.2 Å². The molecule has 1 heterocycles. The quantitative estimate of drug-likeness (QED) is 0.695. The normalized spacial score (nSPS) is 22.0. The van der Waals surface area contributed by atoms with Crippen LogP contribution in [0.3, 0.4) is 0 Å². The lowest BCUT2D eigenvalue weighted by atomic mass is 9.97. The summed E-state index contributed by atoms with van der Waals surface area (Å²) < 4.78 is 38.8. The molecular weight excluding hydrogens is 335 g/mol. The van der Waals surface area contributed by atoms with Gasteiger partial charge in [-0.05, 0) is 49.8 Å². The Morgan fingerprint density at radius 1 is 1.25 bits per heavy atom. The van der Waals surface area contributed by atoms with E-state index < -0.39 is 11.7 Å². The molecule has 130 valence electrons. The van der Waals surface area contributed by atoms with Gasteiger partial charge in [-0.1, -0.05) is 23.8 Å². The number of nitrogens with zero attached hydrogens (tertiary/aromatic N) is 1. The maximum Gasteiger partial charge on any atom is 0.416 e. The molecule has 1 unspecified atom stereocenters. The third-order valence-corrected chi connectivity index (χ3v) is 5.78. The SMILES string of the molecule is O=C1CSC(c2cccc(C(F)(F)F)c2)N1CCC1=CCCCC1. The van der Waals surface area contributed by atoms with Crippen molar-refractivity contribution in [2.24, 2.45) is 0 Å². The van der Waals surface area contributed by atoms with Gasteiger partial charge in [0, 0.05) is 6.54 Å². The average Bonchev–Trinajstić information content (AvgIpc) is 2.94. The number of allylic oxidation sites excluding steroid dienone is 1. The van der Waals surface area contributed by atoms with Gasteiger partial charge in [-0.2, -0.15) is 13.2 Å². The Hall–Kier alpha value is -1.43. The van der Waals surface area contributed by atoms with Gasteiger partial charge in [0.1, 0.15) is 5.37 Å². The minimum Gasteiger partial charge on any atom is -0.326 e. The predicted octanol–water partition coefficient (Wildman–Crippen LogP) is 5.17. The van der Waals surface area contributed by atoms with Crippen molar-refractivity contribution in [1.29, 1.82) is 0 Å². The summed E-state index contributed by atoms with van der Waals surface area (Å²) in [6, 6.07) is 5.34. The van der Waals surface area contributed by atoms with Crippen LogP contribution in [0.5, 0.6) is 0 Å². The van der Waals surface area contributed by atoms with E-state index >= 15 is 0 Å². The molecule has 0 spiro atoms. The Balaban J connectivity index is 1.74. The smallest absolute Gasteiger partial charge is 0.326 e. The van der Waals surface area contributed by atoms with Gasteiger partial charge in [0.2, 0.25) is 5.91 Å². The fourth-order valence-electron chi connectivity index (χ4n) is 3.24. The van der Waals surface area contributed by atoms with Gasteiger partial charge in [-0.25, -0.2) is 0 Å². The first-order chi connectivity index (χ1) is 11.4. The lowest BCUT2D eigenvalue weighted by molar-refractivity contribution is -0.137. The predicted molar refractivity (Wildman–Crippen MR) is 89.5 cm³/mol. The number of amides is 1. The largest absolute Gasteiger partial charge is 0.416 e. The highest BCUT2D eigenvalue weighted by Gasteiger charge is 2.35. The van der Waals surface area contributed by atoms with Crippen LogP contribution < -0.4 is 0 Å². The second kappa shape index (κ2) is 7.21. The summed E-state index contributed by atoms with van der Waals surface area (Å²) in [6.45, 7) is 0.582. The van der Waals surface area contributed by atoms with Crippen molar-refractivity contribution in [2.45, 2.75) is 43.7 Å². The minimum atomic E-state index is -4.36. The number of carbonyl (C=O) groups is 1. The van der Waals surface area contributed by atoms with Gasteiger partial charge >= 0.3 is 6.18 Å². The highest BCUT2D eigenvalue weighted by molar-refractivity contribution is 8.00. The summed E-state index contributed by atoms with van der Waals surface area (Å²) in [5.74, 6) is 0.346. The van der Waals surface area contributed by atoms with Gasteiger partial charge in [-0.15, -0.1) is 11.8 Å². The molecule has 1 amide bonds. The van der Waals surface area contributed by atoms with E-state index in [-0.39, 0.29) is 11.3 Å². The van der Waals surface area contributed by atoms with Crippen LogP contribution in [0.15, 0.2) is 35.9 Å². The van der Waals surface area contributed by atoms with Gasteiger partial charge < -0.3 is 4.90 Å². The number of rotatable bonds is 4. The standard InChI is InChI=1S/C18H20F3NOS/c19-18(20,21)15-8-4-7-14(11-15)17-22(16(23)12-24-17)10-9-13-5-2-1-3-6-13/h4-5,7-8,11,17H,1-3,6,9-10,12H2. The van der Waals surface area contributed by atoms with Crippen molar-refractivity contribution in [1.82, 2.24) is 4.90 Å². The molecule has 2 nitrogen and oxygen atoms in total. The van der Waals surface area contributed by atoms with E-state index in [4.69, 9.17) is 0 Å². The van der Waals surface area contributed by atoms with Gasteiger partial charge in [0.05, 0.1) is 11.3 Å². The van der Waals surface area contributed by atoms with Crippen LogP contribution in [0.2, 0.25) is 0 Å². The van der Waals surface area contributed by atoms with Crippen molar-refractivity contribution in [3.8, 4) is 0 Å². The fraction of sp³-hybridized carbons (Fsp3) is 0.500. The molecule has 3 rings (SSSR count). The molecule has 1 aromatic rings. The van der Waals surface area contributed by atoms with Crippen LogP contribution >= 0.6 is 11.8 Å². The van der Waals surface area contributed by atoms with E-state index in [9.17, 15) is 18.0 Å². The summed E-state index contributed by atoms with van der Waals surface area (Å²) in [6.07, 6.45) is 3.28. The van der Waals surface area contributed by atoms with E-state index in [1.54, 1.807) is 11.0 Å². The minimum absolute atomic E-state index is 0.0128. The molecule has 0 aromatic heterocycles. The highest BCUT2D eigenvalue weighted by atomic mass is 32.2. The second-order valence-electron chi connectivity index (χ2n) is 6.23. The highest BCUT2D eigenvalue weighted by Crippen LogP contribution is 2.41. The summed E-state index contributed by atoms with van der Waals surface area (Å²) in [7, 11) is 0. The summed E-state index contributed by atoms with van der Waals surface area (Å²) in [5, 5.41) is -0.316. The Bertz CT molecular complexity index is 641. The van der Waals surface area contributed by atoms with E-state index in [1.165, 1.54) is 42.3 Å². The summed E-state index contributed by atoms with van der Waals surface area (Å²) >= 11 is 1.41. The Morgan fingerprint density at radius 3 is 2.79 bits per heavy atom. The maximum atomic E-state index is 12.9. The molecule has 0 saturated carbocycles. The molecule has 0 bridgehead atoms. The van der Waals surface area contributed by atoms with Crippen molar-refractivity contribution in [2.75, 3.05) is 12.3 Å². The lowest BCUT2D eigenvalue weighted by Gasteiger charge is -2.26.